The summed E-state index contributed by atoms with van der Waals surface area (Å²) in [6, 6.07) is 9.00. The van der Waals surface area contributed by atoms with E-state index in [1.54, 1.807) is 19.1 Å². The van der Waals surface area contributed by atoms with Crippen molar-refractivity contribution in [2.75, 3.05) is 20.7 Å². The predicted molar refractivity (Wildman–Crippen MR) is 119 cm³/mol. The summed E-state index contributed by atoms with van der Waals surface area (Å²) in [5.41, 5.74) is 0.309. The van der Waals surface area contributed by atoms with Gasteiger partial charge in [-0.05, 0) is 24.6 Å². The molecule has 2 saturated heterocycles. The molecule has 3 aliphatic rings. The summed E-state index contributed by atoms with van der Waals surface area (Å²) in [7, 11) is 2.75. The SMILES string of the molecule is COC(=O)[C@@]1(C)[C@H]2C(=O)N(C)C(=O)[C@H]2[C@H]2CN=C(SCc3ccc(C#N)cc3)N21.O=C(O)C(F)(F)F. The lowest BCUT2D eigenvalue weighted by Gasteiger charge is -2.37. The number of hydrogen-bond donors (Lipinski definition) is 1. The minimum absolute atomic E-state index is 0.267. The first-order valence-electron chi connectivity index (χ1n) is 10.4. The van der Waals surface area contributed by atoms with Gasteiger partial charge in [-0.25, -0.2) is 9.59 Å². The number of likely N-dealkylation sites (tertiary alicyclic amines) is 1. The highest BCUT2D eigenvalue weighted by molar-refractivity contribution is 8.13. The number of carbonyl (C=O) groups excluding carboxylic acids is 3. The van der Waals surface area contributed by atoms with E-state index < -0.39 is 35.5 Å². The van der Waals surface area contributed by atoms with E-state index in [2.05, 4.69) is 11.1 Å². The minimum atomic E-state index is -5.08. The lowest BCUT2D eigenvalue weighted by atomic mass is 9.81. The number of aliphatic carboxylic acids is 1. The normalized spacial score (nSPS) is 26.5. The van der Waals surface area contributed by atoms with Crippen molar-refractivity contribution in [2.45, 2.75) is 30.4 Å². The van der Waals surface area contributed by atoms with Gasteiger partial charge in [0.25, 0.3) is 0 Å². The van der Waals surface area contributed by atoms with Gasteiger partial charge in [-0.15, -0.1) is 0 Å². The third-order valence-corrected chi connectivity index (χ3v) is 7.40. The Kier molecular flexibility index (Phi) is 7.35. The number of rotatable bonds is 3. The van der Waals surface area contributed by atoms with Gasteiger partial charge in [0.05, 0.1) is 43.2 Å². The molecule has 36 heavy (non-hydrogen) atoms. The number of methoxy groups -OCH3 is 1. The van der Waals surface area contributed by atoms with Crippen LogP contribution in [-0.4, -0.2) is 82.3 Å². The number of nitriles is 1. The molecule has 1 aromatic carbocycles. The molecule has 10 nitrogen and oxygen atoms in total. The average Bonchev–Trinajstić information content (AvgIpc) is 3.45. The summed E-state index contributed by atoms with van der Waals surface area (Å²) >= 11 is 1.45. The third-order valence-electron chi connectivity index (χ3n) is 6.34. The number of esters is 1. The number of fused-ring (bicyclic) bond motifs is 3. The van der Waals surface area contributed by atoms with Crippen LogP contribution < -0.4 is 0 Å². The maximum Gasteiger partial charge on any atom is 0.490 e. The zero-order valence-corrected chi connectivity index (χ0v) is 20.1. The smallest absolute Gasteiger partial charge is 0.475 e. The molecule has 0 bridgehead atoms. The van der Waals surface area contributed by atoms with Crippen LogP contribution in [0.25, 0.3) is 0 Å². The van der Waals surface area contributed by atoms with Gasteiger partial charge in [0.15, 0.2) is 5.17 Å². The highest BCUT2D eigenvalue weighted by atomic mass is 32.2. The summed E-state index contributed by atoms with van der Waals surface area (Å²) in [5.74, 6) is -4.71. The van der Waals surface area contributed by atoms with Crippen LogP contribution in [0.1, 0.15) is 18.1 Å². The largest absolute Gasteiger partial charge is 0.490 e. The Morgan fingerprint density at radius 1 is 1.28 bits per heavy atom. The van der Waals surface area contributed by atoms with Gasteiger partial charge in [0.2, 0.25) is 11.8 Å². The number of aliphatic imine (C=N–C) groups is 1. The predicted octanol–water partition coefficient (Wildman–Crippen LogP) is 1.64. The number of amidine groups is 1. The molecule has 0 aliphatic carbocycles. The number of halogens is 3. The van der Waals surface area contributed by atoms with E-state index in [9.17, 15) is 27.6 Å². The molecule has 192 valence electrons. The van der Waals surface area contributed by atoms with Crippen LogP contribution >= 0.6 is 11.8 Å². The van der Waals surface area contributed by atoms with Gasteiger partial charge < -0.3 is 14.7 Å². The Morgan fingerprint density at radius 3 is 2.36 bits per heavy atom. The van der Waals surface area contributed by atoms with Crippen molar-refractivity contribution in [3.05, 3.63) is 35.4 Å². The number of imide groups is 1. The number of carboxylic acids is 1. The molecule has 4 atom stereocenters. The topological polar surface area (TPSA) is 140 Å². The van der Waals surface area contributed by atoms with E-state index in [1.165, 1.54) is 25.9 Å². The molecule has 0 aromatic heterocycles. The maximum atomic E-state index is 12.8. The number of ether oxygens (including phenoxy) is 1. The number of amides is 2. The summed E-state index contributed by atoms with van der Waals surface area (Å²) in [4.78, 5) is 54.8. The lowest BCUT2D eigenvalue weighted by Crippen LogP contribution is -2.57. The quantitative estimate of drug-likeness (QED) is 0.460. The van der Waals surface area contributed by atoms with Crippen molar-refractivity contribution >= 4 is 40.7 Å². The van der Waals surface area contributed by atoms with E-state index in [-0.39, 0.29) is 17.9 Å². The maximum absolute atomic E-state index is 12.8. The first-order chi connectivity index (χ1) is 16.8. The van der Waals surface area contributed by atoms with Gasteiger partial charge in [-0.1, -0.05) is 23.9 Å². The second kappa shape index (κ2) is 9.81. The number of carboxylic acid groups (broad SMARTS) is 1. The molecule has 1 aromatic rings. The number of alkyl halides is 3. The molecule has 2 fully saturated rings. The van der Waals surface area contributed by atoms with Crippen LogP contribution in [-0.2, 0) is 29.7 Å². The van der Waals surface area contributed by atoms with Gasteiger partial charge in [-0.2, -0.15) is 18.4 Å². The lowest BCUT2D eigenvalue weighted by molar-refractivity contribution is -0.192. The molecule has 1 N–H and O–H groups in total. The second-order valence-corrected chi connectivity index (χ2v) is 9.28. The van der Waals surface area contributed by atoms with Crippen LogP contribution in [0, 0.1) is 23.2 Å². The standard InChI is InChI=1S/C20H20N4O4S.C2HF3O2/c1-20(18(27)28-3)15-14(16(25)23(2)17(15)26)13-9-22-19(24(13)20)29-10-12-6-4-11(8-21)5-7-12;3-2(4,5)1(6)7/h4-7,13-15H,9-10H2,1-3H3;(H,6,7)/t13-,14+,15-,20-;/m1./s1. The number of thioether (sulfide) groups is 1. The summed E-state index contributed by atoms with van der Waals surface area (Å²) < 4.78 is 36.8. The monoisotopic (exact) mass is 526 g/mol. The fourth-order valence-corrected chi connectivity index (χ4v) is 5.74. The van der Waals surface area contributed by atoms with Crippen LogP contribution in [0.2, 0.25) is 0 Å². The van der Waals surface area contributed by atoms with Gasteiger partial charge >= 0.3 is 18.1 Å². The van der Waals surface area contributed by atoms with Crippen molar-refractivity contribution < 1.29 is 42.2 Å². The first-order valence-corrected chi connectivity index (χ1v) is 11.4. The third kappa shape index (κ3) is 4.50. The summed E-state index contributed by atoms with van der Waals surface area (Å²) in [6.45, 7) is 2.03. The minimum Gasteiger partial charge on any atom is -0.475 e. The van der Waals surface area contributed by atoms with E-state index in [1.807, 2.05) is 17.0 Å². The zero-order valence-electron chi connectivity index (χ0n) is 19.3. The zero-order chi connectivity index (χ0) is 27.0. The van der Waals surface area contributed by atoms with Gasteiger partial charge in [-0.3, -0.25) is 19.5 Å². The fraction of sp³-hybridized carbons (Fsp3) is 0.455. The Morgan fingerprint density at radius 2 is 1.86 bits per heavy atom. The molecular formula is C22H21F3N4O6S. The molecule has 0 spiro atoms. The molecule has 0 unspecified atom stereocenters. The molecule has 14 heteroatoms. The van der Waals surface area contributed by atoms with Crippen LogP contribution in [0.3, 0.4) is 0 Å². The Bertz CT molecular complexity index is 1170. The Labute approximate surface area is 207 Å². The first kappa shape index (κ1) is 27.0. The molecule has 3 aliphatic heterocycles. The van der Waals surface area contributed by atoms with Gasteiger partial charge in [0.1, 0.15) is 5.54 Å². The molecule has 3 heterocycles. The Balaban J connectivity index is 0.000000454. The highest BCUT2D eigenvalue weighted by Gasteiger charge is 2.71. The molecular weight excluding hydrogens is 505 g/mol. The number of carbonyl (C=O) groups is 4. The highest BCUT2D eigenvalue weighted by Crippen LogP contribution is 2.52. The van der Waals surface area contributed by atoms with Crippen molar-refractivity contribution in [1.29, 1.82) is 5.26 Å². The summed E-state index contributed by atoms with van der Waals surface area (Å²) in [6.07, 6.45) is -5.08. The van der Waals surface area contributed by atoms with E-state index in [4.69, 9.17) is 19.9 Å². The summed E-state index contributed by atoms with van der Waals surface area (Å²) in [5, 5.41) is 16.7. The van der Waals surface area contributed by atoms with Crippen LogP contribution in [0.15, 0.2) is 29.3 Å². The van der Waals surface area contributed by atoms with Gasteiger partial charge in [0, 0.05) is 12.8 Å². The van der Waals surface area contributed by atoms with Crippen molar-refractivity contribution in [3.63, 3.8) is 0 Å². The molecule has 2 amide bonds. The van der Waals surface area contributed by atoms with Crippen molar-refractivity contribution in [3.8, 4) is 6.07 Å². The molecule has 0 radical (unpaired) electrons. The van der Waals surface area contributed by atoms with Crippen LogP contribution in [0.4, 0.5) is 13.2 Å². The molecule has 4 rings (SSSR count). The Hall–Kier alpha value is -3.60. The van der Waals surface area contributed by atoms with Crippen molar-refractivity contribution in [2.24, 2.45) is 16.8 Å². The fourth-order valence-electron chi connectivity index (χ4n) is 4.62. The number of hydrogen-bond acceptors (Lipinski definition) is 9. The van der Waals surface area contributed by atoms with E-state index >= 15 is 0 Å². The molecule has 0 saturated carbocycles. The second-order valence-electron chi connectivity index (χ2n) is 8.34. The number of nitrogens with zero attached hydrogens (tertiary/aromatic N) is 4. The van der Waals surface area contributed by atoms with Crippen molar-refractivity contribution in [1.82, 2.24) is 9.80 Å². The van der Waals surface area contributed by atoms with Crippen LogP contribution in [0.5, 0.6) is 0 Å². The average molecular weight is 526 g/mol. The van der Waals surface area contributed by atoms with E-state index in [0.717, 1.165) is 10.5 Å². The van der Waals surface area contributed by atoms with E-state index in [0.29, 0.717) is 23.0 Å². The number of benzene rings is 1.